The maximum atomic E-state index is 12.0. The molecule has 0 aliphatic heterocycles. The third-order valence-electron chi connectivity index (χ3n) is 2.94. The van der Waals surface area contributed by atoms with Crippen LogP contribution >= 0.6 is 0 Å². The summed E-state index contributed by atoms with van der Waals surface area (Å²) >= 11 is 0. The van der Waals surface area contributed by atoms with Gasteiger partial charge in [0.05, 0.1) is 18.9 Å². The van der Waals surface area contributed by atoms with Crippen LogP contribution in [0.1, 0.15) is 40.0 Å². The van der Waals surface area contributed by atoms with E-state index in [4.69, 9.17) is 15.2 Å². The van der Waals surface area contributed by atoms with Gasteiger partial charge in [-0.05, 0) is 32.4 Å². The molecule has 0 spiro atoms. The minimum Gasteiger partial charge on any atom is -0.494 e. The first-order valence-corrected chi connectivity index (χ1v) is 7.55. The van der Waals surface area contributed by atoms with Gasteiger partial charge < -0.3 is 20.5 Å². The Morgan fingerprint density at radius 1 is 1.24 bits per heavy atom. The Bertz CT molecular complexity index is 449. The maximum Gasteiger partial charge on any atom is 0.226 e. The van der Waals surface area contributed by atoms with Gasteiger partial charge in [-0.3, -0.25) is 4.79 Å². The fraction of sp³-hybridized carbons (Fsp3) is 0.562. The minimum absolute atomic E-state index is 0.106. The third-order valence-corrected chi connectivity index (χ3v) is 2.94. The summed E-state index contributed by atoms with van der Waals surface area (Å²) in [6.07, 6.45) is 2.11. The minimum atomic E-state index is -0.111. The number of anilines is 1. The summed E-state index contributed by atoms with van der Waals surface area (Å²) < 4.78 is 11.0. The molecule has 1 aromatic rings. The van der Waals surface area contributed by atoms with Gasteiger partial charge in [-0.2, -0.15) is 0 Å². The lowest BCUT2D eigenvalue weighted by Crippen LogP contribution is -2.27. The van der Waals surface area contributed by atoms with Crippen LogP contribution in [-0.2, 0) is 4.79 Å². The highest BCUT2D eigenvalue weighted by Crippen LogP contribution is 2.29. The molecule has 118 valence electrons. The van der Waals surface area contributed by atoms with Gasteiger partial charge in [0.1, 0.15) is 11.5 Å². The van der Waals surface area contributed by atoms with Crippen molar-refractivity contribution in [3.05, 3.63) is 18.2 Å². The lowest BCUT2D eigenvalue weighted by Gasteiger charge is -2.15. The average molecular weight is 294 g/mol. The summed E-state index contributed by atoms with van der Waals surface area (Å²) in [6.45, 7) is 6.98. The van der Waals surface area contributed by atoms with Crippen LogP contribution in [-0.4, -0.2) is 25.2 Å². The number of nitrogens with two attached hydrogens (primary N) is 1. The first kappa shape index (κ1) is 17.3. The second-order valence-corrected chi connectivity index (χ2v) is 4.83. The highest BCUT2D eigenvalue weighted by atomic mass is 16.5. The van der Waals surface area contributed by atoms with Crippen molar-refractivity contribution in [2.24, 2.45) is 5.73 Å². The Labute approximate surface area is 126 Å². The molecular weight excluding hydrogens is 268 g/mol. The number of carbonyl (C=O) groups is 1. The standard InChI is InChI=1S/C16H26N2O3/c1-4-7-12(17)10-16(19)18-14-11-13(20-5-2)8-9-15(14)21-6-3/h8-9,11-12H,4-7,10,17H2,1-3H3,(H,18,19). The third kappa shape index (κ3) is 6.04. The van der Waals surface area contributed by atoms with Gasteiger partial charge in [-0.25, -0.2) is 0 Å². The zero-order valence-electron chi connectivity index (χ0n) is 13.1. The van der Waals surface area contributed by atoms with Crippen molar-refractivity contribution in [1.29, 1.82) is 0 Å². The van der Waals surface area contributed by atoms with Crippen molar-refractivity contribution in [1.82, 2.24) is 0 Å². The molecule has 3 N–H and O–H groups in total. The molecule has 0 heterocycles. The Balaban J connectivity index is 2.77. The van der Waals surface area contributed by atoms with Gasteiger partial charge in [0.15, 0.2) is 0 Å². The summed E-state index contributed by atoms with van der Waals surface area (Å²) in [5, 5.41) is 2.86. The first-order valence-electron chi connectivity index (χ1n) is 7.55. The zero-order chi connectivity index (χ0) is 15.7. The van der Waals surface area contributed by atoms with Crippen LogP contribution in [0.2, 0.25) is 0 Å². The van der Waals surface area contributed by atoms with Crippen molar-refractivity contribution >= 4 is 11.6 Å². The van der Waals surface area contributed by atoms with E-state index >= 15 is 0 Å². The molecule has 1 unspecified atom stereocenters. The second kappa shape index (κ2) is 9.23. The van der Waals surface area contributed by atoms with E-state index in [1.165, 1.54) is 0 Å². The number of carbonyl (C=O) groups excluding carboxylic acids is 1. The van der Waals surface area contributed by atoms with E-state index in [-0.39, 0.29) is 11.9 Å². The van der Waals surface area contributed by atoms with Crippen LogP contribution in [0.5, 0.6) is 11.5 Å². The largest absolute Gasteiger partial charge is 0.494 e. The van der Waals surface area contributed by atoms with E-state index in [0.717, 1.165) is 12.8 Å². The van der Waals surface area contributed by atoms with Crippen LogP contribution in [0.3, 0.4) is 0 Å². The number of ether oxygens (including phenoxy) is 2. The van der Waals surface area contributed by atoms with E-state index < -0.39 is 0 Å². The van der Waals surface area contributed by atoms with Crippen LogP contribution in [0.15, 0.2) is 18.2 Å². The van der Waals surface area contributed by atoms with Crippen molar-refractivity contribution < 1.29 is 14.3 Å². The predicted molar refractivity (Wildman–Crippen MR) is 84.9 cm³/mol. The van der Waals surface area contributed by atoms with E-state index in [1.807, 2.05) is 19.9 Å². The maximum absolute atomic E-state index is 12.0. The Morgan fingerprint density at radius 3 is 2.57 bits per heavy atom. The average Bonchev–Trinajstić information content (AvgIpc) is 2.42. The van der Waals surface area contributed by atoms with Gasteiger partial charge >= 0.3 is 0 Å². The monoisotopic (exact) mass is 294 g/mol. The SMILES string of the molecule is CCCC(N)CC(=O)Nc1cc(OCC)ccc1OCC. The normalized spacial score (nSPS) is 11.8. The molecule has 21 heavy (non-hydrogen) atoms. The lowest BCUT2D eigenvalue weighted by molar-refractivity contribution is -0.116. The molecule has 1 atom stereocenters. The summed E-state index contributed by atoms with van der Waals surface area (Å²) in [7, 11) is 0. The van der Waals surface area contributed by atoms with Gasteiger partial charge in [-0.1, -0.05) is 13.3 Å². The molecular formula is C16H26N2O3. The summed E-state index contributed by atoms with van der Waals surface area (Å²) in [4.78, 5) is 12.0. The molecule has 0 fully saturated rings. The smallest absolute Gasteiger partial charge is 0.226 e. The molecule has 0 aromatic heterocycles. The number of amides is 1. The molecule has 0 aliphatic rings. The van der Waals surface area contributed by atoms with Gasteiger partial charge in [-0.15, -0.1) is 0 Å². The van der Waals surface area contributed by atoms with Gasteiger partial charge in [0.2, 0.25) is 5.91 Å². The Kier molecular flexibility index (Phi) is 7.61. The molecule has 0 bridgehead atoms. The van der Waals surface area contributed by atoms with E-state index in [9.17, 15) is 4.79 Å². The van der Waals surface area contributed by atoms with E-state index in [2.05, 4.69) is 12.2 Å². The topological polar surface area (TPSA) is 73.6 Å². The van der Waals surface area contributed by atoms with Crippen LogP contribution in [0, 0.1) is 0 Å². The summed E-state index contributed by atoms with van der Waals surface area (Å²) in [5.74, 6) is 1.23. The lowest BCUT2D eigenvalue weighted by atomic mass is 10.1. The number of hydrogen-bond acceptors (Lipinski definition) is 4. The Hall–Kier alpha value is -1.75. The molecule has 0 aliphatic carbocycles. The fourth-order valence-corrected chi connectivity index (χ4v) is 2.06. The molecule has 1 rings (SSSR count). The van der Waals surface area contributed by atoms with Crippen molar-refractivity contribution in [2.75, 3.05) is 18.5 Å². The van der Waals surface area contributed by atoms with Crippen molar-refractivity contribution in [3.63, 3.8) is 0 Å². The fourth-order valence-electron chi connectivity index (χ4n) is 2.06. The Morgan fingerprint density at radius 2 is 1.95 bits per heavy atom. The number of benzene rings is 1. The van der Waals surface area contributed by atoms with Gasteiger partial charge in [0.25, 0.3) is 0 Å². The molecule has 1 amide bonds. The quantitative estimate of drug-likeness (QED) is 0.734. The molecule has 1 aromatic carbocycles. The second-order valence-electron chi connectivity index (χ2n) is 4.83. The molecule has 0 saturated heterocycles. The van der Waals surface area contributed by atoms with Crippen LogP contribution < -0.4 is 20.5 Å². The zero-order valence-corrected chi connectivity index (χ0v) is 13.1. The molecule has 5 heteroatoms. The predicted octanol–water partition coefficient (Wildman–Crippen LogP) is 2.94. The molecule has 0 radical (unpaired) electrons. The number of hydrogen-bond donors (Lipinski definition) is 2. The van der Waals surface area contributed by atoms with E-state index in [1.54, 1.807) is 12.1 Å². The first-order chi connectivity index (χ1) is 10.1. The number of nitrogens with one attached hydrogen (secondary N) is 1. The van der Waals surface area contributed by atoms with Gasteiger partial charge in [0, 0.05) is 18.5 Å². The highest BCUT2D eigenvalue weighted by Gasteiger charge is 2.12. The number of rotatable bonds is 9. The van der Waals surface area contributed by atoms with Crippen LogP contribution in [0.4, 0.5) is 5.69 Å². The molecule has 0 saturated carbocycles. The van der Waals surface area contributed by atoms with Crippen molar-refractivity contribution in [3.8, 4) is 11.5 Å². The highest BCUT2D eigenvalue weighted by molar-refractivity contribution is 5.92. The summed E-state index contributed by atoms with van der Waals surface area (Å²) in [6, 6.07) is 5.29. The van der Waals surface area contributed by atoms with E-state index in [0.29, 0.717) is 36.8 Å². The molecule has 5 nitrogen and oxygen atoms in total. The van der Waals surface area contributed by atoms with Crippen LogP contribution in [0.25, 0.3) is 0 Å². The summed E-state index contributed by atoms with van der Waals surface area (Å²) in [5.41, 5.74) is 6.52. The van der Waals surface area contributed by atoms with Crippen molar-refractivity contribution in [2.45, 2.75) is 46.1 Å².